The van der Waals surface area contributed by atoms with Crippen molar-refractivity contribution in [2.45, 2.75) is 17.7 Å². The molecule has 0 aliphatic carbocycles. The number of hydrogen-bond acceptors (Lipinski definition) is 1. The van der Waals surface area contributed by atoms with E-state index in [-0.39, 0.29) is 0 Å². The molecule has 64 valence electrons. The summed E-state index contributed by atoms with van der Waals surface area (Å²) in [4.78, 5) is 1.49. The van der Waals surface area contributed by atoms with Crippen LogP contribution in [-0.4, -0.2) is 5.75 Å². The molecule has 2 rings (SSSR count). The zero-order chi connectivity index (χ0) is 8.81. The Hall–Kier alpha value is -0.690. The lowest BCUT2D eigenvalue weighted by atomic mass is 10.1. The van der Waals surface area contributed by atoms with Gasteiger partial charge in [0.2, 0.25) is 0 Å². The predicted molar refractivity (Wildman–Crippen MR) is 56.7 cm³/mol. The molecule has 0 aromatic heterocycles. The second kappa shape index (κ2) is 5.04. The van der Waals surface area contributed by atoms with Gasteiger partial charge in [0.25, 0.3) is 0 Å². The summed E-state index contributed by atoms with van der Waals surface area (Å²) in [5.41, 5.74) is 1.54. The van der Waals surface area contributed by atoms with Crippen molar-refractivity contribution in [1.82, 2.24) is 0 Å². The molecule has 1 aliphatic heterocycles. The molecule has 0 nitrogen and oxygen atoms in total. The lowest BCUT2D eigenvalue weighted by Gasteiger charge is -2.13. The molecule has 0 bridgehead atoms. The van der Waals surface area contributed by atoms with Gasteiger partial charge in [-0.05, 0) is 30.2 Å². The Morgan fingerprint density at radius 3 is 2.67 bits per heavy atom. The van der Waals surface area contributed by atoms with Gasteiger partial charge in [-0.2, -0.15) is 0 Å². The standard InChI is InChI=1S/C9H10S.C2H4/c1-2-6-9-8(4-1)5-3-7-10-9;1-2/h1-2,4,6H,3,5,7H2;1-2H2. The first-order valence-corrected chi connectivity index (χ1v) is 5.16. The Kier molecular flexibility index (Phi) is 3.95. The minimum absolute atomic E-state index is 1.28. The molecule has 0 N–H and O–H groups in total. The van der Waals surface area contributed by atoms with E-state index in [9.17, 15) is 0 Å². The first-order valence-electron chi connectivity index (χ1n) is 4.17. The van der Waals surface area contributed by atoms with Crippen LogP contribution in [0.5, 0.6) is 0 Å². The van der Waals surface area contributed by atoms with E-state index in [1.54, 1.807) is 5.56 Å². The lowest BCUT2D eigenvalue weighted by molar-refractivity contribution is 0.890. The summed E-state index contributed by atoms with van der Waals surface area (Å²) in [5, 5.41) is 0. The molecule has 1 aliphatic rings. The molecule has 0 amide bonds. The first-order chi connectivity index (χ1) is 5.97. The molecule has 0 radical (unpaired) electrons. The molecular weight excluding hydrogens is 164 g/mol. The van der Waals surface area contributed by atoms with Crippen LogP contribution in [-0.2, 0) is 6.42 Å². The smallest absolute Gasteiger partial charge is 0.0104 e. The predicted octanol–water partition coefficient (Wildman–Crippen LogP) is 3.53. The van der Waals surface area contributed by atoms with Crippen LogP contribution < -0.4 is 0 Å². The van der Waals surface area contributed by atoms with Crippen LogP contribution in [0.25, 0.3) is 0 Å². The van der Waals surface area contributed by atoms with Gasteiger partial charge in [0.05, 0.1) is 0 Å². The number of aryl methyl sites for hydroxylation is 1. The molecule has 1 aromatic rings. The number of fused-ring (bicyclic) bond motifs is 1. The van der Waals surface area contributed by atoms with E-state index in [1.165, 1.54) is 23.5 Å². The van der Waals surface area contributed by atoms with Crippen molar-refractivity contribution in [3.05, 3.63) is 43.0 Å². The van der Waals surface area contributed by atoms with Crippen LogP contribution in [0.4, 0.5) is 0 Å². The molecule has 0 atom stereocenters. The van der Waals surface area contributed by atoms with Crippen molar-refractivity contribution in [2.24, 2.45) is 0 Å². The Morgan fingerprint density at radius 2 is 1.92 bits per heavy atom. The van der Waals surface area contributed by atoms with Crippen molar-refractivity contribution in [3.63, 3.8) is 0 Å². The van der Waals surface area contributed by atoms with E-state index in [1.807, 2.05) is 11.8 Å². The highest BCUT2D eigenvalue weighted by atomic mass is 32.2. The van der Waals surface area contributed by atoms with Crippen LogP contribution in [0.15, 0.2) is 42.3 Å². The number of hydrogen-bond donors (Lipinski definition) is 0. The van der Waals surface area contributed by atoms with Gasteiger partial charge in [0.15, 0.2) is 0 Å². The first kappa shape index (κ1) is 9.40. The summed E-state index contributed by atoms with van der Waals surface area (Å²) in [7, 11) is 0. The summed E-state index contributed by atoms with van der Waals surface area (Å²) in [6, 6.07) is 8.71. The van der Waals surface area contributed by atoms with Crippen LogP contribution >= 0.6 is 11.8 Å². The minimum atomic E-state index is 1.28. The maximum Gasteiger partial charge on any atom is 0.0104 e. The molecule has 0 fully saturated rings. The van der Waals surface area contributed by atoms with Crippen LogP contribution in [0.3, 0.4) is 0 Å². The maximum absolute atomic E-state index is 3.00. The number of thioether (sulfide) groups is 1. The maximum atomic E-state index is 3.00. The molecule has 0 unspecified atom stereocenters. The molecular formula is C11H14S. The van der Waals surface area contributed by atoms with E-state index in [0.717, 1.165) is 0 Å². The highest BCUT2D eigenvalue weighted by Gasteiger charge is 2.06. The van der Waals surface area contributed by atoms with E-state index in [0.29, 0.717) is 0 Å². The fourth-order valence-corrected chi connectivity index (χ4v) is 2.33. The molecule has 1 heterocycles. The SMILES string of the molecule is C=C.c1ccc2c(c1)CCCS2. The van der Waals surface area contributed by atoms with Gasteiger partial charge in [-0.1, -0.05) is 18.2 Å². The third-order valence-electron chi connectivity index (χ3n) is 1.82. The van der Waals surface area contributed by atoms with Gasteiger partial charge in [-0.25, -0.2) is 0 Å². The third kappa shape index (κ3) is 2.15. The van der Waals surface area contributed by atoms with Crippen LogP contribution in [0, 0.1) is 0 Å². The highest BCUT2D eigenvalue weighted by Crippen LogP contribution is 2.28. The second-order valence-corrected chi connectivity index (χ2v) is 3.70. The average Bonchev–Trinajstić information content (AvgIpc) is 2.21. The Bertz CT molecular complexity index is 218. The molecule has 12 heavy (non-hydrogen) atoms. The largest absolute Gasteiger partial charge is 0.126 e. The topological polar surface area (TPSA) is 0 Å². The summed E-state index contributed by atoms with van der Waals surface area (Å²) in [6.45, 7) is 6.00. The van der Waals surface area contributed by atoms with E-state index in [4.69, 9.17) is 0 Å². The third-order valence-corrected chi connectivity index (χ3v) is 3.02. The fourth-order valence-electron chi connectivity index (χ4n) is 1.30. The molecule has 0 saturated heterocycles. The Labute approximate surface area is 78.7 Å². The Balaban J connectivity index is 0.000000336. The van der Waals surface area contributed by atoms with E-state index >= 15 is 0 Å². The molecule has 1 heteroatoms. The number of rotatable bonds is 0. The highest BCUT2D eigenvalue weighted by molar-refractivity contribution is 7.99. The molecule has 0 saturated carbocycles. The zero-order valence-corrected chi connectivity index (χ0v) is 8.07. The van der Waals surface area contributed by atoms with Crippen molar-refractivity contribution in [3.8, 4) is 0 Å². The number of benzene rings is 1. The molecule has 0 spiro atoms. The normalized spacial score (nSPS) is 14.0. The quantitative estimate of drug-likeness (QED) is 0.548. The van der Waals surface area contributed by atoms with Crippen molar-refractivity contribution in [2.75, 3.05) is 5.75 Å². The average molecular weight is 178 g/mol. The van der Waals surface area contributed by atoms with Crippen molar-refractivity contribution < 1.29 is 0 Å². The summed E-state index contributed by atoms with van der Waals surface area (Å²) in [6.07, 6.45) is 2.63. The van der Waals surface area contributed by atoms with E-state index in [2.05, 4.69) is 37.4 Å². The lowest BCUT2D eigenvalue weighted by Crippen LogP contribution is -1.96. The monoisotopic (exact) mass is 178 g/mol. The summed E-state index contributed by atoms with van der Waals surface area (Å²) >= 11 is 1.99. The van der Waals surface area contributed by atoms with Gasteiger partial charge in [-0.3, -0.25) is 0 Å². The van der Waals surface area contributed by atoms with Gasteiger partial charge in [0, 0.05) is 4.90 Å². The van der Waals surface area contributed by atoms with Crippen LogP contribution in [0.1, 0.15) is 12.0 Å². The van der Waals surface area contributed by atoms with E-state index < -0.39 is 0 Å². The van der Waals surface area contributed by atoms with Gasteiger partial charge in [-0.15, -0.1) is 24.9 Å². The van der Waals surface area contributed by atoms with Gasteiger partial charge in [0.1, 0.15) is 0 Å². The summed E-state index contributed by atoms with van der Waals surface area (Å²) in [5.74, 6) is 1.30. The van der Waals surface area contributed by atoms with Gasteiger partial charge < -0.3 is 0 Å². The minimum Gasteiger partial charge on any atom is -0.126 e. The Morgan fingerprint density at radius 1 is 1.17 bits per heavy atom. The van der Waals surface area contributed by atoms with Gasteiger partial charge >= 0.3 is 0 Å². The van der Waals surface area contributed by atoms with Crippen molar-refractivity contribution in [1.29, 1.82) is 0 Å². The fraction of sp³-hybridized carbons (Fsp3) is 0.273. The second-order valence-electron chi connectivity index (χ2n) is 2.56. The molecule has 1 aromatic carbocycles. The summed E-state index contributed by atoms with van der Waals surface area (Å²) < 4.78 is 0. The zero-order valence-electron chi connectivity index (χ0n) is 7.25. The van der Waals surface area contributed by atoms with Crippen LogP contribution in [0.2, 0.25) is 0 Å². The van der Waals surface area contributed by atoms with Crippen molar-refractivity contribution >= 4 is 11.8 Å².